The number of thioether (sulfide) groups is 1. The maximum Gasteiger partial charge on any atom is 0.335 e. The van der Waals surface area contributed by atoms with Gasteiger partial charge in [-0.2, -0.15) is 0 Å². The lowest BCUT2D eigenvalue weighted by Gasteiger charge is -2.13. The van der Waals surface area contributed by atoms with Crippen LogP contribution in [-0.4, -0.2) is 52.2 Å². The summed E-state index contributed by atoms with van der Waals surface area (Å²) in [5, 5.41) is 20.8. The van der Waals surface area contributed by atoms with E-state index in [9.17, 15) is 19.7 Å². The van der Waals surface area contributed by atoms with Crippen molar-refractivity contribution in [1.82, 2.24) is 4.90 Å². The van der Waals surface area contributed by atoms with Gasteiger partial charge in [0.25, 0.3) is 11.6 Å². The number of benzene rings is 2. The molecule has 172 valence electrons. The van der Waals surface area contributed by atoms with Crippen LogP contribution in [0.5, 0.6) is 11.5 Å². The molecule has 1 fully saturated rings. The number of ether oxygens (including phenoxy) is 2. The number of hydrogen-bond donors (Lipinski definition) is 1. The number of nitrogens with zero attached hydrogens (tertiary/aromatic N) is 3. The number of amides is 1. The van der Waals surface area contributed by atoms with E-state index in [0.29, 0.717) is 40.2 Å². The molecule has 10 nitrogen and oxygen atoms in total. The number of methoxy groups -OCH3 is 1. The molecule has 11 heteroatoms. The Morgan fingerprint density at radius 3 is 2.52 bits per heavy atom. The fraction of sp³-hybridized carbons (Fsp3) is 0.227. The third kappa shape index (κ3) is 5.14. The van der Waals surface area contributed by atoms with Gasteiger partial charge < -0.3 is 14.6 Å². The summed E-state index contributed by atoms with van der Waals surface area (Å²) >= 11 is 1.11. The number of carboxylic acid groups (broad SMARTS) is 1. The first kappa shape index (κ1) is 23.8. The molecule has 1 N–H and O–H groups in total. The van der Waals surface area contributed by atoms with Gasteiger partial charge in [0, 0.05) is 18.2 Å². The third-order valence-electron chi connectivity index (χ3n) is 4.62. The average Bonchev–Trinajstić information content (AvgIpc) is 3.08. The van der Waals surface area contributed by atoms with Crippen molar-refractivity contribution in [2.24, 2.45) is 4.99 Å². The SMILES string of the molecule is CCOc1c(/C=C2/SC(=Nc3ccc(C(=O)O)cc3)N(CC)C2=O)cc([N+](=O)[O-])cc1OC. The van der Waals surface area contributed by atoms with Crippen molar-refractivity contribution in [3.63, 3.8) is 0 Å². The highest BCUT2D eigenvalue weighted by Gasteiger charge is 2.33. The van der Waals surface area contributed by atoms with E-state index >= 15 is 0 Å². The summed E-state index contributed by atoms with van der Waals surface area (Å²) in [5.41, 5.74) is 0.756. The Hall–Kier alpha value is -3.86. The van der Waals surface area contributed by atoms with Gasteiger partial charge in [0.05, 0.1) is 40.9 Å². The Bertz CT molecular complexity index is 1160. The van der Waals surface area contributed by atoms with Crippen molar-refractivity contribution in [1.29, 1.82) is 0 Å². The van der Waals surface area contributed by atoms with Crippen LogP contribution < -0.4 is 9.47 Å². The molecule has 33 heavy (non-hydrogen) atoms. The number of carbonyl (C=O) groups excluding carboxylic acids is 1. The molecule has 1 saturated heterocycles. The monoisotopic (exact) mass is 471 g/mol. The Labute approximate surface area is 193 Å². The van der Waals surface area contributed by atoms with Crippen LogP contribution in [0, 0.1) is 10.1 Å². The van der Waals surface area contributed by atoms with Gasteiger partial charge in [-0.05, 0) is 56.0 Å². The molecule has 1 amide bonds. The fourth-order valence-corrected chi connectivity index (χ4v) is 4.13. The second-order valence-electron chi connectivity index (χ2n) is 6.66. The molecule has 0 bridgehead atoms. The van der Waals surface area contributed by atoms with Crippen LogP contribution in [0.2, 0.25) is 0 Å². The van der Waals surface area contributed by atoms with Gasteiger partial charge in [-0.3, -0.25) is 19.8 Å². The van der Waals surface area contributed by atoms with E-state index in [4.69, 9.17) is 14.6 Å². The smallest absolute Gasteiger partial charge is 0.335 e. The highest BCUT2D eigenvalue weighted by atomic mass is 32.2. The van der Waals surface area contributed by atoms with Gasteiger partial charge in [0.15, 0.2) is 16.7 Å². The number of aromatic carboxylic acids is 1. The van der Waals surface area contributed by atoms with Gasteiger partial charge in [-0.15, -0.1) is 0 Å². The number of hydrogen-bond acceptors (Lipinski definition) is 8. The van der Waals surface area contributed by atoms with E-state index in [1.807, 2.05) is 0 Å². The minimum atomic E-state index is -1.04. The minimum absolute atomic E-state index is 0.130. The second-order valence-corrected chi connectivity index (χ2v) is 7.67. The summed E-state index contributed by atoms with van der Waals surface area (Å²) in [6, 6.07) is 8.55. The number of carboxylic acids is 1. The Kier molecular flexibility index (Phi) is 7.34. The molecule has 0 aliphatic carbocycles. The minimum Gasteiger partial charge on any atom is -0.493 e. The van der Waals surface area contributed by atoms with E-state index in [2.05, 4.69) is 4.99 Å². The quantitative estimate of drug-likeness (QED) is 0.342. The highest BCUT2D eigenvalue weighted by Crippen LogP contribution is 2.40. The van der Waals surface area contributed by atoms with Gasteiger partial charge in [0.1, 0.15) is 0 Å². The number of non-ortho nitro benzene ring substituents is 1. The molecule has 0 radical (unpaired) electrons. The third-order valence-corrected chi connectivity index (χ3v) is 5.62. The van der Waals surface area contributed by atoms with E-state index in [0.717, 1.165) is 11.8 Å². The van der Waals surface area contributed by atoms with Crippen LogP contribution in [-0.2, 0) is 4.79 Å². The molecule has 0 unspecified atom stereocenters. The van der Waals surface area contributed by atoms with Crippen LogP contribution in [0.3, 0.4) is 0 Å². The lowest BCUT2D eigenvalue weighted by Crippen LogP contribution is -2.28. The molecular weight excluding hydrogens is 450 g/mol. The molecule has 1 aliphatic rings. The summed E-state index contributed by atoms with van der Waals surface area (Å²) in [5.74, 6) is -0.869. The summed E-state index contributed by atoms with van der Waals surface area (Å²) in [6.45, 7) is 4.22. The Morgan fingerprint density at radius 1 is 1.27 bits per heavy atom. The van der Waals surface area contributed by atoms with Crippen molar-refractivity contribution in [3.05, 3.63) is 62.5 Å². The molecule has 0 saturated carbocycles. The average molecular weight is 471 g/mol. The normalized spacial score (nSPS) is 15.8. The molecule has 1 aliphatic heterocycles. The number of amidine groups is 1. The molecule has 0 atom stereocenters. The van der Waals surface area contributed by atoms with Crippen molar-refractivity contribution in [2.45, 2.75) is 13.8 Å². The van der Waals surface area contributed by atoms with E-state index in [1.54, 1.807) is 26.0 Å². The lowest BCUT2D eigenvalue weighted by molar-refractivity contribution is -0.385. The predicted octanol–water partition coefficient (Wildman–Crippen LogP) is 4.32. The molecule has 0 aromatic heterocycles. The van der Waals surface area contributed by atoms with Crippen molar-refractivity contribution in [2.75, 3.05) is 20.3 Å². The highest BCUT2D eigenvalue weighted by molar-refractivity contribution is 8.18. The predicted molar refractivity (Wildman–Crippen MR) is 124 cm³/mol. The zero-order valence-electron chi connectivity index (χ0n) is 18.1. The lowest BCUT2D eigenvalue weighted by atomic mass is 10.1. The summed E-state index contributed by atoms with van der Waals surface area (Å²) in [4.78, 5) is 41.1. The maximum atomic E-state index is 13.0. The fourth-order valence-electron chi connectivity index (χ4n) is 3.07. The summed E-state index contributed by atoms with van der Waals surface area (Å²) < 4.78 is 10.9. The van der Waals surface area contributed by atoms with E-state index in [1.165, 1.54) is 42.4 Å². The van der Waals surface area contributed by atoms with Gasteiger partial charge >= 0.3 is 5.97 Å². The number of nitro groups is 1. The first-order valence-electron chi connectivity index (χ1n) is 9.91. The number of aliphatic imine (C=N–C) groups is 1. The number of likely N-dealkylation sites (N-methyl/N-ethyl adjacent to an activating group) is 1. The Morgan fingerprint density at radius 2 is 1.97 bits per heavy atom. The standard InChI is InChI=1S/C22H21N3O7S/c1-4-24-20(26)18(33-22(24)23-15-8-6-13(7-9-15)21(27)28)11-14-10-16(25(29)30)12-17(31-3)19(14)32-5-2/h6-12H,4-5H2,1-3H3,(H,27,28)/b18-11+,23-22?. The van der Waals surface area contributed by atoms with Crippen LogP contribution in [0.1, 0.15) is 29.8 Å². The second kappa shape index (κ2) is 10.2. The number of rotatable bonds is 8. The first-order valence-corrected chi connectivity index (χ1v) is 10.7. The zero-order valence-corrected chi connectivity index (χ0v) is 18.9. The van der Waals surface area contributed by atoms with Gasteiger partial charge in [-0.25, -0.2) is 9.79 Å². The van der Waals surface area contributed by atoms with E-state index in [-0.39, 0.29) is 22.9 Å². The first-order chi connectivity index (χ1) is 15.8. The van der Waals surface area contributed by atoms with Crippen LogP contribution >= 0.6 is 11.8 Å². The van der Waals surface area contributed by atoms with Crippen molar-refractivity contribution >= 4 is 46.3 Å². The number of nitro benzene ring substituents is 1. The van der Waals surface area contributed by atoms with Crippen LogP contribution in [0.25, 0.3) is 6.08 Å². The van der Waals surface area contributed by atoms with Crippen LogP contribution in [0.15, 0.2) is 46.3 Å². The summed E-state index contributed by atoms with van der Waals surface area (Å²) in [7, 11) is 1.38. The topological polar surface area (TPSA) is 132 Å². The zero-order chi connectivity index (χ0) is 24.1. The number of carbonyl (C=O) groups is 2. The van der Waals surface area contributed by atoms with Crippen molar-refractivity contribution in [3.8, 4) is 11.5 Å². The van der Waals surface area contributed by atoms with Crippen molar-refractivity contribution < 1.29 is 29.1 Å². The largest absolute Gasteiger partial charge is 0.493 e. The Balaban J connectivity index is 2.04. The molecule has 0 spiro atoms. The molecule has 1 heterocycles. The summed E-state index contributed by atoms with van der Waals surface area (Å²) in [6.07, 6.45) is 1.52. The van der Waals surface area contributed by atoms with E-state index < -0.39 is 10.9 Å². The van der Waals surface area contributed by atoms with Crippen LogP contribution in [0.4, 0.5) is 11.4 Å². The molecule has 2 aromatic rings. The molecule has 2 aromatic carbocycles. The molecular formula is C22H21N3O7S. The van der Waals surface area contributed by atoms with Gasteiger partial charge in [-0.1, -0.05) is 0 Å². The maximum absolute atomic E-state index is 13.0. The van der Waals surface area contributed by atoms with Gasteiger partial charge in [0.2, 0.25) is 0 Å². The molecule has 3 rings (SSSR count).